The number of hydrogen-bond acceptors (Lipinski definition) is 6. The number of halogens is 1. The summed E-state index contributed by atoms with van der Waals surface area (Å²) in [6, 6.07) is 11.8. The van der Waals surface area contributed by atoms with E-state index in [1.165, 1.54) is 13.2 Å². The highest BCUT2D eigenvalue weighted by molar-refractivity contribution is 7.99. The van der Waals surface area contributed by atoms with Crippen molar-refractivity contribution in [1.29, 1.82) is 0 Å². The molecule has 1 aromatic heterocycles. The number of ether oxygens (including phenoxy) is 1. The predicted molar refractivity (Wildman–Crippen MR) is 90.2 cm³/mol. The van der Waals surface area contributed by atoms with Gasteiger partial charge in [0.15, 0.2) is 11.0 Å². The molecule has 0 aliphatic rings. The van der Waals surface area contributed by atoms with Gasteiger partial charge < -0.3 is 9.30 Å². The van der Waals surface area contributed by atoms with E-state index >= 15 is 0 Å². The molecule has 25 heavy (non-hydrogen) atoms. The Bertz CT molecular complexity index is 931. The summed E-state index contributed by atoms with van der Waals surface area (Å²) in [4.78, 5) is 10.5. The van der Waals surface area contributed by atoms with Crippen molar-refractivity contribution in [2.45, 2.75) is 10.1 Å². The molecule has 3 rings (SSSR count). The van der Waals surface area contributed by atoms with Gasteiger partial charge in [-0.15, -0.1) is 10.2 Å². The fraction of sp³-hybridized carbons (Fsp3) is 0.125. The first-order valence-electron chi connectivity index (χ1n) is 7.16. The second kappa shape index (κ2) is 6.89. The molecule has 0 saturated carbocycles. The second-order valence-electron chi connectivity index (χ2n) is 5.05. The Balaban J connectivity index is 2.02. The average molecular weight is 360 g/mol. The summed E-state index contributed by atoms with van der Waals surface area (Å²) in [5.41, 5.74) is 0.241. The first-order valence-corrected chi connectivity index (χ1v) is 7.97. The SMILES string of the molecule is COc1cc(F)c([N+](=O)[O-])c(Sc2nnc(-c3ccccc3)n2C)c1. The van der Waals surface area contributed by atoms with Crippen LogP contribution in [0.2, 0.25) is 0 Å². The highest BCUT2D eigenvalue weighted by Crippen LogP contribution is 2.39. The van der Waals surface area contributed by atoms with E-state index in [2.05, 4.69) is 10.2 Å². The molecular formula is C16H13FN4O3S. The van der Waals surface area contributed by atoms with Gasteiger partial charge in [0.25, 0.3) is 0 Å². The highest BCUT2D eigenvalue weighted by atomic mass is 32.2. The zero-order valence-corrected chi connectivity index (χ0v) is 14.2. The quantitative estimate of drug-likeness (QED) is 0.510. The van der Waals surface area contributed by atoms with Gasteiger partial charge in [-0.1, -0.05) is 30.3 Å². The normalized spacial score (nSPS) is 10.7. The van der Waals surface area contributed by atoms with E-state index in [0.717, 1.165) is 23.4 Å². The molecule has 9 heteroatoms. The summed E-state index contributed by atoms with van der Waals surface area (Å²) >= 11 is 0.956. The van der Waals surface area contributed by atoms with E-state index in [-0.39, 0.29) is 10.6 Å². The van der Waals surface area contributed by atoms with Crippen molar-refractivity contribution in [2.24, 2.45) is 7.05 Å². The van der Waals surface area contributed by atoms with Crippen LogP contribution in [0.5, 0.6) is 5.75 Å². The highest BCUT2D eigenvalue weighted by Gasteiger charge is 2.25. The van der Waals surface area contributed by atoms with Gasteiger partial charge in [0, 0.05) is 24.7 Å². The van der Waals surface area contributed by atoms with Crippen LogP contribution in [0.3, 0.4) is 0 Å². The third kappa shape index (κ3) is 3.31. The van der Waals surface area contributed by atoms with Crippen LogP contribution >= 0.6 is 11.8 Å². The summed E-state index contributed by atoms with van der Waals surface area (Å²) in [6.45, 7) is 0. The van der Waals surface area contributed by atoms with Crippen molar-refractivity contribution in [1.82, 2.24) is 14.8 Å². The number of hydrogen-bond donors (Lipinski definition) is 0. The molecule has 3 aromatic rings. The number of nitrogens with zero attached hydrogens (tertiary/aromatic N) is 4. The first-order chi connectivity index (χ1) is 12.0. The molecule has 2 aromatic carbocycles. The maximum atomic E-state index is 14.0. The molecule has 0 aliphatic carbocycles. The van der Waals surface area contributed by atoms with Crippen LogP contribution in [-0.4, -0.2) is 26.8 Å². The lowest BCUT2D eigenvalue weighted by Gasteiger charge is -2.07. The van der Waals surface area contributed by atoms with Crippen LogP contribution in [0.1, 0.15) is 0 Å². The second-order valence-corrected chi connectivity index (χ2v) is 6.06. The third-order valence-electron chi connectivity index (χ3n) is 3.49. The molecule has 0 amide bonds. The minimum absolute atomic E-state index is 0.0944. The zero-order valence-electron chi connectivity index (χ0n) is 13.3. The molecule has 1 heterocycles. The molecule has 0 aliphatic heterocycles. The van der Waals surface area contributed by atoms with Gasteiger partial charge in [-0.3, -0.25) is 10.1 Å². The molecule has 128 valence electrons. The van der Waals surface area contributed by atoms with E-state index in [0.29, 0.717) is 11.0 Å². The fourth-order valence-corrected chi connectivity index (χ4v) is 3.21. The molecule has 0 bridgehead atoms. The summed E-state index contributed by atoms with van der Waals surface area (Å²) < 4.78 is 20.7. The summed E-state index contributed by atoms with van der Waals surface area (Å²) in [7, 11) is 3.11. The van der Waals surface area contributed by atoms with E-state index < -0.39 is 16.4 Å². The van der Waals surface area contributed by atoms with Crippen molar-refractivity contribution in [3.63, 3.8) is 0 Å². The van der Waals surface area contributed by atoms with Crippen LogP contribution in [0.15, 0.2) is 52.5 Å². The number of benzene rings is 2. The van der Waals surface area contributed by atoms with Crippen molar-refractivity contribution in [2.75, 3.05) is 7.11 Å². The number of methoxy groups -OCH3 is 1. The van der Waals surface area contributed by atoms with Gasteiger partial charge in [0.1, 0.15) is 5.75 Å². The van der Waals surface area contributed by atoms with Gasteiger partial charge in [0.05, 0.1) is 16.9 Å². The van der Waals surface area contributed by atoms with Gasteiger partial charge in [-0.25, -0.2) is 0 Å². The Morgan fingerprint density at radius 1 is 1.24 bits per heavy atom. The fourth-order valence-electron chi connectivity index (χ4n) is 2.26. The summed E-state index contributed by atoms with van der Waals surface area (Å²) in [5.74, 6) is -0.164. The van der Waals surface area contributed by atoms with E-state index in [4.69, 9.17) is 4.74 Å². The number of nitro groups is 1. The Morgan fingerprint density at radius 2 is 1.96 bits per heavy atom. The smallest absolute Gasteiger partial charge is 0.318 e. The molecule has 0 spiro atoms. The number of rotatable bonds is 5. The number of aromatic nitrogens is 3. The van der Waals surface area contributed by atoms with Gasteiger partial charge in [-0.05, 0) is 11.8 Å². The van der Waals surface area contributed by atoms with Crippen LogP contribution in [0, 0.1) is 15.9 Å². The lowest BCUT2D eigenvalue weighted by Crippen LogP contribution is -1.99. The molecule has 0 fully saturated rings. The van der Waals surface area contributed by atoms with Crippen molar-refractivity contribution < 1.29 is 14.1 Å². The molecule has 0 unspecified atom stereocenters. The third-order valence-corrected chi connectivity index (χ3v) is 4.56. The van der Waals surface area contributed by atoms with Crippen molar-refractivity contribution >= 4 is 17.4 Å². The Kier molecular flexibility index (Phi) is 4.66. The Labute approximate surface area is 146 Å². The average Bonchev–Trinajstić information content (AvgIpc) is 2.95. The van der Waals surface area contributed by atoms with E-state index in [1.807, 2.05) is 30.3 Å². The summed E-state index contributed by atoms with van der Waals surface area (Å²) in [6.07, 6.45) is 0. The predicted octanol–water partition coefficient (Wildman–Crippen LogP) is 3.69. The van der Waals surface area contributed by atoms with Crippen LogP contribution in [0.4, 0.5) is 10.1 Å². The largest absolute Gasteiger partial charge is 0.497 e. The minimum Gasteiger partial charge on any atom is -0.497 e. The van der Waals surface area contributed by atoms with Crippen LogP contribution in [0.25, 0.3) is 11.4 Å². The minimum atomic E-state index is -0.961. The lowest BCUT2D eigenvalue weighted by atomic mass is 10.2. The van der Waals surface area contributed by atoms with Crippen LogP contribution < -0.4 is 4.74 Å². The molecule has 0 saturated heterocycles. The maximum Gasteiger partial charge on any atom is 0.318 e. The van der Waals surface area contributed by atoms with Crippen LogP contribution in [-0.2, 0) is 7.05 Å². The van der Waals surface area contributed by atoms with Crippen molar-refractivity contribution in [3.05, 3.63) is 58.4 Å². The lowest BCUT2D eigenvalue weighted by molar-refractivity contribution is -0.390. The standard InChI is InChI=1S/C16H13FN4O3S/c1-20-15(10-6-4-3-5-7-10)18-19-16(20)25-13-9-11(24-2)8-12(17)14(13)21(22)23/h3-9H,1-2H3. The van der Waals surface area contributed by atoms with Gasteiger partial charge in [-0.2, -0.15) is 4.39 Å². The molecule has 0 N–H and O–H groups in total. The summed E-state index contributed by atoms with van der Waals surface area (Å²) in [5, 5.41) is 19.8. The molecule has 7 nitrogen and oxygen atoms in total. The zero-order chi connectivity index (χ0) is 18.0. The number of nitro benzene ring substituents is 1. The topological polar surface area (TPSA) is 83.1 Å². The molecular weight excluding hydrogens is 347 g/mol. The molecule has 0 radical (unpaired) electrons. The Morgan fingerprint density at radius 3 is 2.60 bits per heavy atom. The Hall–Kier alpha value is -2.94. The van der Waals surface area contributed by atoms with Gasteiger partial charge >= 0.3 is 5.69 Å². The maximum absolute atomic E-state index is 14.0. The van der Waals surface area contributed by atoms with E-state index in [1.54, 1.807) is 11.6 Å². The molecule has 0 atom stereocenters. The van der Waals surface area contributed by atoms with E-state index in [9.17, 15) is 14.5 Å². The monoisotopic (exact) mass is 360 g/mol. The first kappa shape index (κ1) is 16.9. The van der Waals surface area contributed by atoms with Crippen molar-refractivity contribution in [3.8, 4) is 17.1 Å². The van der Waals surface area contributed by atoms with Gasteiger partial charge in [0.2, 0.25) is 5.82 Å².